The zero-order valence-corrected chi connectivity index (χ0v) is 20.3. The summed E-state index contributed by atoms with van der Waals surface area (Å²) in [5.41, 5.74) is 3.26. The number of nitrogens with zero attached hydrogens (tertiary/aromatic N) is 4. The molecule has 2 fully saturated rings. The van der Waals surface area contributed by atoms with Crippen LogP contribution in [0.1, 0.15) is 37.3 Å². The van der Waals surface area contributed by atoms with Gasteiger partial charge in [-0.2, -0.15) is 4.98 Å². The van der Waals surface area contributed by atoms with Gasteiger partial charge in [-0.1, -0.05) is 60.1 Å². The second-order valence-electron chi connectivity index (χ2n) is 9.49. The first-order chi connectivity index (χ1) is 17.2. The second-order valence-corrected chi connectivity index (χ2v) is 9.90. The van der Waals surface area contributed by atoms with Gasteiger partial charge < -0.3 is 10.2 Å². The molecule has 3 heterocycles. The van der Waals surface area contributed by atoms with Crippen molar-refractivity contribution in [1.82, 2.24) is 19.9 Å². The van der Waals surface area contributed by atoms with Gasteiger partial charge in [0.2, 0.25) is 5.95 Å². The lowest BCUT2D eigenvalue weighted by atomic mass is 10.0. The van der Waals surface area contributed by atoms with Gasteiger partial charge in [-0.05, 0) is 56.5 Å². The van der Waals surface area contributed by atoms with Gasteiger partial charge >= 0.3 is 0 Å². The van der Waals surface area contributed by atoms with Crippen LogP contribution in [-0.4, -0.2) is 33.7 Å². The highest BCUT2D eigenvalue weighted by atomic mass is 35.5. The van der Waals surface area contributed by atoms with Crippen LogP contribution in [0.25, 0.3) is 22.2 Å². The zero-order valence-electron chi connectivity index (χ0n) is 19.5. The molecule has 1 N–H and O–H groups in total. The molecule has 2 aromatic carbocycles. The Balaban J connectivity index is 1.48. The summed E-state index contributed by atoms with van der Waals surface area (Å²) in [4.78, 5) is 25.9. The number of fused-ring (bicyclic) bond motifs is 1. The highest BCUT2D eigenvalue weighted by Gasteiger charge is 2.30. The highest BCUT2D eigenvalue weighted by molar-refractivity contribution is 6.33. The third kappa shape index (κ3) is 4.44. The maximum absolute atomic E-state index is 13.7. The summed E-state index contributed by atoms with van der Waals surface area (Å²) in [5.74, 6) is 0.688. The predicted molar refractivity (Wildman–Crippen MR) is 141 cm³/mol. The molecule has 7 heteroatoms. The molecule has 2 aromatic heterocycles. The largest absolute Gasteiger partial charge is 0.333 e. The molecule has 2 aliphatic rings. The molecule has 0 spiro atoms. The standard InChI is InChI=1S/C28H28ClN5O/c29-25-9-5-4-8-23(25)24-16-20-17-31-28(32-26(20)34(27(24)35)22-10-11-22)33(21-12-14-30-15-13-21)18-19-6-2-1-3-7-19/h1-9,16-17,21-22,30H,10-15,18H2. The van der Waals surface area contributed by atoms with Crippen molar-refractivity contribution in [3.05, 3.63) is 87.8 Å². The number of hydrogen-bond donors (Lipinski definition) is 1. The van der Waals surface area contributed by atoms with Crippen LogP contribution in [-0.2, 0) is 6.54 Å². The number of nitrogens with one attached hydrogen (secondary N) is 1. The van der Waals surface area contributed by atoms with Crippen molar-refractivity contribution in [2.24, 2.45) is 0 Å². The Kier molecular flexibility index (Phi) is 6.00. The van der Waals surface area contributed by atoms with Crippen molar-refractivity contribution in [3.8, 4) is 11.1 Å². The van der Waals surface area contributed by atoms with Crippen LogP contribution in [0.5, 0.6) is 0 Å². The fourth-order valence-corrected chi connectivity index (χ4v) is 5.29. The summed E-state index contributed by atoms with van der Waals surface area (Å²) >= 11 is 6.47. The molecule has 1 saturated heterocycles. The fraction of sp³-hybridized carbons (Fsp3) is 0.321. The van der Waals surface area contributed by atoms with E-state index in [2.05, 4.69) is 34.5 Å². The van der Waals surface area contributed by atoms with Crippen molar-refractivity contribution >= 4 is 28.6 Å². The fourth-order valence-electron chi connectivity index (χ4n) is 5.06. The minimum atomic E-state index is -0.0331. The molecule has 6 rings (SSSR count). The number of halogens is 1. The highest BCUT2D eigenvalue weighted by Crippen LogP contribution is 2.37. The maximum atomic E-state index is 13.7. The van der Waals surface area contributed by atoms with Gasteiger partial charge in [-0.3, -0.25) is 9.36 Å². The average Bonchev–Trinajstić information content (AvgIpc) is 3.73. The Morgan fingerprint density at radius 2 is 1.71 bits per heavy atom. The minimum Gasteiger partial charge on any atom is -0.333 e. The summed E-state index contributed by atoms with van der Waals surface area (Å²) in [6, 6.07) is 20.4. The van der Waals surface area contributed by atoms with Crippen molar-refractivity contribution in [2.75, 3.05) is 18.0 Å². The van der Waals surface area contributed by atoms with E-state index in [1.54, 1.807) is 0 Å². The summed E-state index contributed by atoms with van der Waals surface area (Å²) in [5, 5.41) is 4.89. The van der Waals surface area contributed by atoms with Crippen LogP contribution in [0, 0.1) is 0 Å². The Hall–Kier alpha value is -3.22. The molecule has 4 aromatic rings. The molecule has 1 saturated carbocycles. The monoisotopic (exact) mass is 485 g/mol. The molecule has 0 bridgehead atoms. The van der Waals surface area contributed by atoms with Crippen LogP contribution in [0.4, 0.5) is 5.95 Å². The maximum Gasteiger partial charge on any atom is 0.260 e. The molecule has 1 aliphatic carbocycles. The Bertz CT molecular complexity index is 1410. The van der Waals surface area contributed by atoms with E-state index >= 15 is 0 Å². The van der Waals surface area contributed by atoms with E-state index in [9.17, 15) is 4.79 Å². The third-order valence-electron chi connectivity index (χ3n) is 7.04. The topological polar surface area (TPSA) is 63.1 Å². The molecule has 0 amide bonds. The Morgan fingerprint density at radius 1 is 0.971 bits per heavy atom. The molecule has 6 nitrogen and oxygen atoms in total. The van der Waals surface area contributed by atoms with Gasteiger partial charge in [0, 0.05) is 46.4 Å². The van der Waals surface area contributed by atoms with E-state index in [-0.39, 0.29) is 11.6 Å². The molecular formula is C28H28ClN5O. The van der Waals surface area contributed by atoms with Gasteiger partial charge in [-0.25, -0.2) is 4.98 Å². The average molecular weight is 486 g/mol. The number of benzene rings is 2. The van der Waals surface area contributed by atoms with E-state index in [0.717, 1.165) is 56.3 Å². The first-order valence-corrected chi connectivity index (χ1v) is 12.8. The molecule has 0 radical (unpaired) electrons. The first kappa shape index (κ1) is 22.3. The van der Waals surface area contributed by atoms with Crippen LogP contribution in [0.15, 0.2) is 71.7 Å². The molecular weight excluding hydrogens is 458 g/mol. The molecule has 0 atom stereocenters. The van der Waals surface area contributed by atoms with Crippen LogP contribution >= 0.6 is 11.6 Å². The summed E-state index contributed by atoms with van der Waals surface area (Å²) < 4.78 is 1.88. The van der Waals surface area contributed by atoms with Crippen LogP contribution in [0.2, 0.25) is 5.02 Å². The van der Waals surface area contributed by atoms with Crippen LogP contribution in [0.3, 0.4) is 0 Å². The lowest BCUT2D eigenvalue weighted by Gasteiger charge is -2.35. The third-order valence-corrected chi connectivity index (χ3v) is 7.37. The van der Waals surface area contributed by atoms with Crippen molar-refractivity contribution in [2.45, 2.75) is 44.3 Å². The molecule has 1 aliphatic heterocycles. The second kappa shape index (κ2) is 9.44. The summed E-state index contributed by atoms with van der Waals surface area (Å²) in [6.45, 7) is 2.71. The number of anilines is 1. The first-order valence-electron chi connectivity index (χ1n) is 12.4. The van der Waals surface area contributed by atoms with E-state index in [0.29, 0.717) is 28.2 Å². The normalized spacial score (nSPS) is 16.5. The SMILES string of the molecule is O=c1c(-c2ccccc2Cl)cc2cnc(N(Cc3ccccc3)C3CCNCC3)nc2n1C1CC1. The number of piperidine rings is 1. The Labute approximate surface area is 209 Å². The van der Waals surface area contributed by atoms with Gasteiger partial charge in [-0.15, -0.1) is 0 Å². The van der Waals surface area contributed by atoms with Crippen LogP contribution < -0.4 is 15.8 Å². The predicted octanol–water partition coefficient (Wildman–Crippen LogP) is 5.21. The minimum absolute atomic E-state index is 0.0331. The van der Waals surface area contributed by atoms with Crippen molar-refractivity contribution in [3.63, 3.8) is 0 Å². The smallest absolute Gasteiger partial charge is 0.260 e. The van der Waals surface area contributed by atoms with Gasteiger partial charge in [0.25, 0.3) is 5.56 Å². The van der Waals surface area contributed by atoms with Gasteiger partial charge in [0.15, 0.2) is 0 Å². The lowest BCUT2D eigenvalue weighted by molar-refractivity contribution is 0.424. The summed E-state index contributed by atoms with van der Waals surface area (Å²) in [7, 11) is 0. The Morgan fingerprint density at radius 3 is 2.46 bits per heavy atom. The van der Waals surface area contributed by atoms with Gasteiger partial charge in [0.05, 0.1) is 0 Å². The van der Waals surface area contributed by atoms with Gasteiger partial charge in [0.1, 0.15) is 5.65 Å². The molecule has 178 valence electrons. The van der Waals surface area contributed by atoms with Crippen molar-refractivity contribution < 1.29 is 0 Å². The van der Waals surface area contributed by atoms with E-state index < -0.39 is 0 Å². The number of rotatable bonds is 6. The quantitative estimate of drug-likeness (QED) is 0.406. The van der Waals surface area contributed by atoms with Crippen molar-refractivity contribution in [1.29, 1.82) is 0 Å². The molecule has 0 unspecified atom stereocenters. The van der Waals surface area contributed by atoms with E-state index in [1.807, 2.05) is 47.2 Å². The summed E-state index contributed by atoms with van der Waals surface area (Å²) in [6.07, 6.45) is 5.92. The molecule has 35 heavy (non-hydrogen) atoms. The lowest BCUT2D eigenvalue weighted by Crippen LogP contribution is -2.43. The number of hydrogen-bond acceptors (Lipinski definition) is 5. The number of aromatic nitrogens is 3. The zero-order chi connectivity index (χ0) is 23.8. The van der Waals surface area contributed by atoms with E-state index in [4.69, 9.17) is 21.6 Å². The van der Waals surface area contributed by atoms with E-state index in [1.165, 1.54) is 5.56 Å². The number of pyridine rings is 1.